The summed E-state index contributed by atoms with van der Waals surface area (Å²) in [6, 6.07) is 21.1. The standard InChI is InChI=1S/C26H16B3ClS/c1-13-23(24(27)14(2)26(29)25(13)28)16-5-3-15(4-6-16)17-7-10-21-20(11-17)19-9-8-18(30)12-22(19)31-21/h3-12H,1-2H3. The van der Waals surface area contributed by atoms with E-state index in [9.17, 15) is 0 Å². The van der Waals surface area contributed by atoms with Gasteiger partial charge >= 0.3 is 0 Å². The summed E-state index contributed by atoms with van der Waals surface area (Å²) in [7, 11) is 18.7. The fourth-order valence-electron chi connectivity index (χ4n) is 4.21. The number of benzene rings is 4. The van der Waals surface area contributed by atoms with Crippen molar-refractivity contribution in [2.24, 2.45) is 0 Å². The maximum absolute atomic E-state index is 6.40. The van der Waals surface area contributed by atoms with Gasteiger partial charge in [0.2, 0.25) is 0 Å². The molecule has 0 unspecified atom stereocenters. The molecule has 0 N–H and O–H groups in total. The minimum atomic E-state index is 0.563. The molecule has 5 aromatic rings. The molecule has 0 nitrogen and oxygen atoms in total. The molecule has 0 aliphatic carbocycles. The van der Waals surface area contributed by atoms with E-state index in [-0.39, 0.29) is 0 Å². The highest BCUT2D eigenvalue weighted by molar-refractivity contribution is 7.25. The molecule has 1 heterocycles. The van der Waals surface area contributed by atoms with Crippen LogP contribution in [0.5, 0.6) is 0 Å². The highest BCUT2D eigenvalue weighted by Crippen LogP contribution is 2.37. The van der Waals surface area contributed by atoms with Crippen LogP contribution in [0.1, 0.15) is 11.1 Å². The lowest BCUT2D eigenvalue weighted by Crippen LogP contribution is -2.37. The quantitative estimate of drug-likeness (QED) is 0.346. The molecular formula is C26H16B3ClS. The van der Waals surface area contributed by atoms with Crippen molar-refractivity contribution in [1.82, 2.24) is 0 Å². The van der Waals surface area contributed by atoms with Crippen LogP contribution in [0.2, 0.25) is 5.02 Å². The average molecular weight is 428 g/mol. The molecule has 142 valence electrons. The van der Waals surface area contributed by atoms with Crippen LogP contribution in [0.3, 0.4) is 0 Å². The van der Waals surface area contributed by atoms with E-state index in [1.807, 2.05) is 26.0 Å². The number of hydrogen-bond acceptors (Lipinski definition) is 1. The van der Waals surface area contributed by atoms with Crippen molar-refractivity contribution in [3.05, 3.63) is 76.8 Å². The largest absolute Gasteiger partial charge is 0.135 e. The molecule has 0 saturated carbocycles. The van der Waals surface area contributed by atoms with E-state index in [1.165, 1.54) is 25.7 Å². The number of hydrogen-bond donors (Lipinski definition) is 0. The van der Waals surface area contributed by atoms with Gasteiger partial charge in [-0.05, 0) is 60.4 Å². The normalized spacial score (nSPS) is 11.5. The van der Waals surface area contributed by atoms with Crippen molar-refractivity contribution in [1.29, 1.82) is 0 Å². The second kappa shape index (κ2) is 7.62. The third-order valence-electron chi connectivity index (χ3n) is 6.09. The Morgan fingerprint density at radius 2 is 1.26 bits per heavy atom. The van der Waals surface area contributed by atoms with Crippen molar-refractivity contribution >= 4 is 83.0 Å². The topological polar surface area (TPSA) is 0 Å². The number of fused-ring (bicyclic) bond motifs is 3. The lowest BCUT2D eigenvalue weighted by molar-refractivity contribution is 1.48. The van der Waals surface area contributed by atoms with Crippen LogP contribution in [0.4, 0.5) is 0 Å². The Labute approximate surface area is 195 Å². The van der Waals surface area contributed by atoms with E-state index in [0.717, 1.165) is 32.8 Å². The van der Waals surface area contributed by atoms with Crippen LogP contribution >= 0.6 is 22.9 Å². The van der Waals surface area contributed by atoms with Gasteiger partial charge in [-0.25, -0.2) is 0 Å². The molecular weight excluding hydrogens is 412 g/mol. The van der Waals surface area contributed by atoms with Gasteiger partial charge in [-0.15, -0.1) is 16.8 Å². The molecule has 0 fully saturated rings. The Morgan fingerprint density at radius 1 is 0.613 bits per heavy atom. The Hall–Kier alpha value is -2.42. The van der Waals surface area contributed by atoms with E-state index >= 15 is 0 Å². The zero-order chi connectivity index (χ0) is 21.9. The van der Waals surface area contributed by atoms with Crippen molar-refractivity contribution in [3.8, 4) is 22.3 Å². The molecule has 0 atom stereocenters. The minimum absolute atomic E-state index is 0.563. The van der Waals surface area contributed by atoms with Gasteiger partial charge in [0.05, 0.1) is 0 Å². The summed E-state index contributed by atoms with van der Waals surface area (Å²) in [5.41, 5.74) is 7.89. The third kappa shape index (κ3) is 3.33. The van der Waals surface area contributed by atoms with Crippen LogP contribution < -0.4 is 16.4 Å². The lowest BCUT2D eigenvalue weighted by atomic mass is 9.68. The maximum Gasteiger partial charge on any atom is 0.115 e. The second-order valence-electron chi connectivity index (χ2n) is 7.90. The summed E-state index contributed by atoms with van der Waals surface area (Å²) in [4.78, 5) is 0. The van der Waals surface area contributed by atoms with Gasteiger partial charge in [0.15, 0.2) is 0 Å². The first kappa shape index (κ1) is 20.5. The smallest absolute Gasteiger partial charge is 0.115 e. The van der Waals surface area contributed by atoms with Crippen LogP contribution in [-0.2, 0) is 0 Å². The first-order valence-corrected chi connectivity index (χ1v) is 11.2. The van der Waals surface area contributed by atoms with Gasteiger partial charge < -0.3 is 0 Å². The minimum Gasteiger partial charge on any atom is -0.135 e. The van der Waals surface area contributed by atoms with E-state index in [2.05, 4.69) is 48.5 Å². The Kier molecular flexibility index (Phi) is 5.03. The van der Waals surface area contributed by atoms with E-state index < -0.39 is 0 Å². The van der Waals surface area contributed by atoms with Gasteiger partial charge in [-0.3, -0.25) is 0 Å². The van der Waals surface area contributed by atoms with Crippen LogP contribution in [-0.4, -0.2) is 23.5 Å². The average Bonchev–Trinajstić information content (AvgIpc) is 3.13. The zero-order valence-corrected chi connectivity index (χ0v) is 18.9. The predicted octanol–water partition coefficient (Wildman–Crippen LogP) is 5.04. The molecule has 4 aromatic carbocycles. The van der Waals surface area contributed by atoms with E-state index in [0.29, 0.717) is 16.4 Å². The van der Waals surface area contributed by atoms with E-state index in [4.69, 9.17) is 35.1 Å². The summed E-state index contributed by atoms with van der Waals surface area (Å²) < 4.78 is 2.46. The third-order valence-corrected chi connectivity index (χ3v) is 7.46. The molecule has 0 aliphatic heterocycles. The summed E-state index contributed by atoms with van der Waals surface area (Å²) in [5, 5.41) is 3.25. The van der Waals surface area contributed by atoms with Crippen molar-refractivity contribution in [2.75, 3.05) is 0 Å². The lowest BCUT2D eigenvalue weighted by Gasteiger charge is -2.20. The maximum atomic E-state index is 6.40. The van der Waals surface area contributed by atoms with Gasteiger partial charge in [0, 0.05) is 25.2 Å². The van der Waals surface area contributed by atoms with Crippen molar-refractivity contribution < 1.29 is 0 Å². The molecule has 6 radical (unpaired) electrons. The molecule has 0 bridgehead atoms. The summed E-state index contributed by atoms with van der Waals surface area (Å²) in [6.45, 7) is 3.87. The van der Waals surface area contributed by atoms with Crippen LogP contribution in [0.25, 0.3) is 42.4 Å². The summed E-state index contributed by atoms with van der Waals surface area (Å²) in [5.74, 6) is 0. The van der Waals surface area contributed by atoms with Crippen molar-refractivity contribution in [3.63, 3.8) is 0 Å². The molecule has 5 rings (SSSR count). The first-order valence-electron chi connectivity index (χ1n) is 10.0. The summed E-state index contributed by atoms with van der Waals surface area (Å²) in [6.07, 6.45) is 0. The molecule has 0 spiro atoms. The number of rotatable bonds is 2. The SMILES string of the molecule is [B]c1c([B])c(C)c(-c2ccc(-c3ccc4sc5cc(Cl)ccc5c4c3)cc2)c([B])c1C. The Morgan fingerprint density at radius 3 is 2.00 bits per heavy atom. The zero-order valence-electron chi connectivity index (χ0n) is 17.3. The first-order chi connectivity index (χ1) is 14.8. The van der Waals surface area contributed by atoms with Gasteiger partial charge in [-0.2, -0.15) is 0 Å². The van der Waals surface area contributed by atoms with Crippen LogP contribution in [0, 0.1) is 13.8 Å². The van der Waals surface area contributed by atoms with Crippen molar-refractivity contribution in [2.45, 2.75) is 13.8 Å². The molecule has 0 aliphatic rings. The summed E-state index contributed by atoms with van der Waals surface area (Å²) >= 11 is 7.94. The molecule has 5 heteroatoms. The van der Waals surface area contributed by atoms with Crippen LogP contribution in [0.15, 0.2) is 60.7 Å². The highest BCUT2D eigenvalue weighted by atomic mass is 35.5. The van der Waals surface area contributed by atoms with Gasteiger partial charge in [0.25, 0.3) is 0 Å². The van der Waals surface area contributed by atoms with Gasteiger partial charge in [-0.1, -0.05) is 70.1 Å². The fourth-order valence-corrected chi connectivity index (χ4v) is 5.57. The molecule has 0 saturated heterocycles. The predicted molar refractivity (Wildman–Crippen MR) is 141 cm³/mol. The Balaban J connectivity index is 1.60. The second-order valence-corrected chi connectivity index (χ2v) is 9.42. The molecule has 31 heavy (non-hydrogen) atoms. The van der Waals surface area contributed by atoms with Gasteiger partial charge in [0.1, 0.15) is 23.5 Å². The molecule has 0 amide bonds. The van der Waals surface area contributed by atoms with E-state index in [1.54, 1.807) is 11.3 Å². The fraction of sp³-hybridized carbons (Fsp3) is 0.0769. The number of thiophene rings is 1. The number of halogens is 1. The monoisotopic (exact) mass is 428 g/mol. The highest BCUT2D eigenvalue weighted by Gasteiger charge is 2.13. The molecule has 1 aromatic heterocycles. The Bertz CT molecular complexity index is 1450.